The highest BCUT2D eigenvalue weighted by atomic mass is 29.3. The Morgan fingerprint density at radius 2 is 0.688 bits per heavy atom. The molecule has 0 atom stereocenters. The lowest BCUT2D eigenvalue weighted by molar-refractivity contribution is 1.00. The maximum absolute atomic E-state index is 2.45. The SMILES string of the molecule is CCC[Si](CCC)(c1ccccc1)[Si](c1ccccc1)(c1ccccc1)c1ccccc1. The van der Waals surface area contributed by atoms with Gasteiger partial charge in [0.1, 0.15) is 7.59 Å². The number of hydrogen-bond donors (Lipinski definition) is 0. The van der Waals surface area contributed by atoms with Crippen LogP contribution in [0.3, 0.4) is 0 Å². The van der Waals surface area contributed by atoms with E-state index in [1.165, 1.54) is 24.9 Å². The van der Waals surface area contributed by atoms with Crippen molar-refractivity contribution >= 4 is 35.9 Å². The van der Waals surface area contributed by atoms with Crippen LogP contribution >= 0.6 is 0 Å². The van der Waals surface area contributed by atoms with Crippen LogP contribution in [0.1, 0.15) is 26.7 Å². The van der Waals surface area contributed by atoms with Crippen molar-refractivity contribution in [3.05, 3.63) is 121 Å². The minimum Gasteiger partial charge on any atom is -0.0656 e. The van der Waals surface area contributed by atoms with Crippen LogP contribution in [0.25, 0.3) is 0 Å². The van der Waals surface area contributed by atoms with Crippen LogP contribution in [0.15, 0.2) is 121 Å². The summed E-state index contributed by atoms with van der Waals surface area (Å²) in [6.45, 7) is 4.78. The largest absolute Gasteiger partial charge is 0.144 e. The maximum atomic E-state index is 2.45. The second-order valence-corrected chi connectivity index (χ2v) is 20.9. The Bertz CT molecular complexity index is 974. The monoisotopic (exact) mass is 450 g/mol. The average molecular weight is 451 g/mol. The molecule has 2 heteroatoms. The molecule has 0 amide bonds. The van der Waals surface area contributed by atoms with Gasteiger partial charge < -0.3 is 0 Å². The maximum Gasteiger partial charge on any atom is 0.144 e. The summed E-state index contributed by atoms with van der Waals surface area (Å²) >= 11 is 0. The molecule has 0 saturated carbocycles. The third-order valence-electron chi connectivity index (χ3n) is 7.02. The first-order valence-corrected chi connectivity index (χ1v) is 17.4. The second kappa shape index (κ2) is 10.3. The van der Waals surface area contributed by atoms with Crippen molar-refractivity contribution in [3.63, 3.8) is 0 Å². The zero-order valence-corrected chi connectivity index (χ0v) is 21.4. The van der Waals surface area contributed by atoms with Gasteiger partial charge >= 0.3 is 0 Å². The summed E-state index contributed by atoms with van der Waals surface area (Å²) in [5.74, 6) is 0. The zero-order chi connectivity index (χ0) is 22.3. The summed E-state index contributed by atoms with van der Waals surface area (Å²) in [7, 11) is -4.38. The van der Waals surface area contributed by atoms with Gasteiger partial charge in [-0.3, -0.25) is 0 Å². The van der Waals surface area contributed by atoms with Crippen molar-refractivity contribution in [2.75, 3.05) is 0 Å². The Morgan fingerprint density at radius 3 is 0.969 bits per heavy atom. The van der Waals surface area contributed by atoms with Gasteiger partial charge in [0, 0.05) is 0 Å². The van der Waals surface area contributed by atoms with E-state index in [1.54, 1.807) is 20.7 Å². The fourth-order valence-electron chi connectivity index (χ4n) is 6.01. The van der Waals surface area contributed by atoms with Crippen molar-refractivity contribution in [1.82, 2.24) is 0 Å². The van der Waals surface area contributed by atoms with Gasteiger partial charge in [0.2, 0.25) is 0 Å². The van der Waals surface area contributed by atoms with E-state index in [-0.39, 0.29) is 0 Å². The summed E-state index contributed by atoms with van der Waals surface area (Å²) in [5.41, 5.74) is 0. The lowest BCUT2D eigenvalue weighted by atomic mass is 10.3. The second-order valence-electron chi connectivity index (χ2n) is 8.80. The van der Waals surface area contributed by atoms with Crippen molar-refractivity contribution in [2.24, 2.45) is 0 Å². The Morgan fingerprint density at radius 1 is 0.406 bits per heavy atom. The molecule has 0 fully saturated rings. The number of hydrogen-bond acceptors (Lipinski definition) is 0. The molecule has 0 aliphatic rings. The van der Waals surface area contributed by atoms with E-state index in [0.717, 1.165) is 0 Å². The molecule has 4 aromatic carbocycles. The van der Waals surface area contributed by atoms with Crippen LogP contribution in [0.2, 0.25) is 12.1 Å². The number of rotatable bonds is 9. The summed E-state index contributed by atoms with van der Waals surface area (Å²) < 4.78 is 0. The molecule has 0 heterocycles. The van der Waals surface area contributed by atoms with Crippen LogP contribution in [0.5, 0.6) is 0 Å². The minimum absolute atomic E-state index is 1.22. The quantitative estimate of drug-likeness (QED) is 0.236. The molecule has 0 spiro atoms. The van der Waals surface area contributed by atoms with Crippen LogP contribution in [-0.4, -0.2) is 15.2 Å². The fraction of sp³-hybridized carbons (Fsp3) is 0.200. The third kappa shape index (κ3) is 3.83. The molecule has 0 N–H and O–H groups in total. The first kappa shape index (κ1) is 22.5. The van der Waals surface area contributed by atoms with Gasteiger partial charge in [-0.15, -0.1) is 0 Å². The average Bonchev–Trinajstić information content (AvgIpc) is 2.87. The molecule has 0 unspecified atom stereocenters. The molecular weight excluding hydrogens is 417 g/mol. The van der Waals surface area contributed by atoms with Crippen molar-refractivity contribution < 1.29 is 0 Å². The van der Waals surface area contributed by atoms with E-state index in [9.17, 15) is 0 Å². The molecule has 32 heavy (non-hydrogen) atoms. The Balaban J connectivity index is 2.21. The van der Waals surface area contributed by atoms with Gasteiger partial charge in [-0.25, -0.2) is 0 Å². The number of benzene rings is 4. The van der Waals surface area contributed by atoms with Gasteiger partial charge in [-0.05, 0) is 0 Å². The van der Waals surface area contributed by atoms with Crippen LogP contribution in [-0.2, 0) is 0 Å². The van der Waals surface area contributed by atoms with Crippen LogP contribution < -0.4 is 20.7 Å². The standard InChI is InChI=1S/C30H34Si2/c1-3-25-31(26-4-2,27-17-9-5-10-18-27)32(28-19-11-6-12-20-28,29-21-13-7-14-22-29)30-23-15-8-16-24-30/h5-24H,3-4,25-26H2,1-2H3. The summed E-state index contributed by atoms with van der Waals surface area (Å²) in [6, 6.07) is 48.9. The normalized spacial score (nSPS) is 11.9. The fourth-order valence-corrected chi connectivity index (χ4v) is 27.3. The first-order chi connectivity index (χ1) is 15.8. The van der Waals surface area contributed by atoms with Gasteiger partial charge in [0.15, 0.2) is 0 Å². The van der Waals surface area contributed by atoms with E-state index < -0.39 is 15.2 Å². The zero-order valence-electron chi connectivity index (χ0n) is 19.4. The molecule has 0 bridgehead atoms. The summed E-state index contributed by atoms with van der Waals surface area (Å²) in [6.07, 6.45) is 2.45. The molecular formula is C30H34Si2. The minimum atomic E-state index is -2.35. The predicted molar refractivity (Wildman–Crippen MR) is 146 cm³/mol. The van der Waals surface area contributed by atoms with Crippen molar-refractivity contribution in [3.8, 4) is 0 Å². The Kier molecular flexibility index (Phi) is 7.24. The summed E-state index contributed by atoms with van der Waals surface area (Å²) in [5, 5.41) is 6.33. The van der Waals surface area contributed by atoms with Crippen molar-refractivity contribution in [2.45, 2.75) is 38.8 Å². The molecule has 162 valence electrons. The van der Waals surface area contributed by atoms with E-state index in [1.807, 2.05) is 0 Å². The molecule has 0 nitrogen and oxygen atoms in total. The predicted octanol–water partition coefficient (Wildman–Crippen LogP) is 5.41. The van der Waals surface area contributed by atoms with Gasteiger partial charge in [-0.2, -0.15) is 0 Å². The first-order valence-electron chi connectivity index (χ1n) is 12.0. The highest BCUT2D eigenvalue weighted by molar-refractivity contribution is 7.60. The molecule has 0 saturated heterocycles. The lowest BCUT2D eigenvalue weighted by Gasteiger charge is -2.50. The van der Waals surface area contributed by atoms with E-state index in [4.69, 9.17) is 0 Å². The van der Waals surface area contributed by atoms with E-state index in [0.29, 0.717) is 0 Å². The van der Waals surface area contributed by atoms with Crippen LogP contribution in [0.4, 0.5) is 0 Å². The Hall–Kier alpha value is -2.69. The molecule has 0 aliphatic carbocycles. The Labute approximate surface area is 195 Å². The van der Waals surface area contributed by atoms with Crippen molar-refractivity contribution in [1.29, 1.82) is 0 Å². The van der Waals surface area contributed by atoms with Gasteiger partial charge in [0.25, 0.3) is 0 Å². The third-order valence-corrected chi connectivity index (χ3v) is 25.5. The molecule has 4 rings (SSSR count). The summed E-state index contributed by atoms with van der Waals surface area (Å²) in [4.78, 5) is 0. The smallest absolute Gasteiger partial charge is 0.0656 e. The lowest BCUT2D eigenvalue weighted by Crippen LogP contribution is -2.86. The topological polar surface area (TPSA) is 0 Å². The van der Waals surface area contributed by atoms with Gasteiger partial charge in [-0.1, -0.05) is 181 Å². The van der Waals surface area contributed by atoms with Gasteiger partial charge in [0.05, 0.1) is 7.59 Å². The van der Waals surface area contributed by atoms with Crippen LogP contribution in [0, 0.1) is 0 Å². The highest BCUT2D eigenvalue weighted by Crippen LogP contribution is 2.31. The molecule has 0 radical (unpaired) electrons. The van der Waals surface area contributed by atoms with E-state index in [2.05, 4.69) is 135 Å². The highest BCUT2D eigenvalue weighted by Gasteiger charge is 2.57. The molecule has 0 aliphatic heterocycles. The van der Waals surface area contributed by atoms with E-state index >= 15 is 0 Å². The molecule has 0 aromatic heterocycles. The molecule has 4 aromatic rings.